The maximum atomic E-state index is 13.1. The molecule has 2 aromatic carbocycles. The molecule has 0 spiro atoms. The van der Waals surface area contributed by atoms with Gasteiger partial charge in [0.05, 0.1) is 14.2 Å². The summed E-state index contributed by atoms with van der Waals surface area (Å²) >= 11 is 0. The molecular weight excluding hydrogens is 460 g/mol. The summed E-state index contributed by atoms with van der Waals surface area (Å²) in [6.07, 6.45) is 1.96. The van der Waals surface area contributed by atoms with E-state index in [0.717, 1.165) is 43.1 Å². The molecule has 4 amide bonds. The summed E-state index contributed by atoms with van der Waals surface area (Å²) < 4.78 is 10.4. The van der Waals surface area contributed by atoms with E-state index in [1.807, 2.05) is 12.1 Å². The highest BCUT2D eigenvalue weighted by Crippen LogP contribution is 2.30. The molecule has 192 valence electrons. The Morgan fingerprint density at radius 3 is 2.17 bits per heavy atom. The first-order chi connectivity index (χ1) is 17.3. The maximum absolute atomic E-state index is 13.1. The van der Waals surface area contributed by atoms with Gasteiger partial charge >= 0.3 is 6.03 Å². The molecule has 2 heterocycles. The number of nitrogens with one attached hydrogen (secondary N) is 2. The molecule has 4 rings (SSSR count). The van der Waals surface area contributed by atoms with Gasteiger partial charge in [0, 0.05) is 13.1 Å². The number of methoxy groups -OCH3 is 2. The van der Waals surface area contributed by atoms with E-state index in [2.05, 4.69) is 27.7 Å². The fourth-order valence-electron chi connectivity index (χ4n) is 4.76. The first-order valence-electron chi connectivity index (χ1n) is 12.2. The number of imide groups is 1. The SMILES string of the molecule is COc1ccc(CN2CCC(CNC(=O)CN3C(=O)NC(C)(c4ccc(OC)cc4)C3=O)CC2)cc1. The van der Waals surface area contributed by atoms with Crippen molar-refractivity contribution in [3.63, 3.8) is 0 Å². The van der Waals surface area contributed by atoms with Gasteiger partial charge in [0.15, 0.2) is 0 Å². The third-order valence-corrected chi connectivity index (χ3v) is 7.10. The lowest BCUT2D eigenvalue weighted by Crippen LogP contribution is -2.44. The largest absolute Gasteiger partial charge is 0.497 e. The zero-order valence-electron chi connectivity index (χ0n) is 21.1. The summed E-state index contributed by atoms with van der Waals surface area (Å²) in [4.78, 5) is 41.6. The monoisotopic (exact) mass is 494 g/mol. The number of nitrogens with zero attached hydrogens (tertiary/aromatic N) is 2. The van der Waals surface area contributed by atoms with E-state index in [1.165, 1.54) is 5.56 Å². The van der Waals surface area contributed by atoms with Crippen molar-refractivity contribution in [3.8, 4) is 11.5 Å². The predicted molar refractivity (Wildman–Crippen MR) is 135 cm³/mol. The van der Waals surface area contributed by atoms with Crippen LogP contribution in [0.1, 0.15) is 30.9 Å². The van der Waals surface area contributed by atoms with E-state index < -0.39 is 17.5 Å². The molecule has 0 radical (unpaired) electrons. The topological polar surface area (TPSA) is 100 Å². The van der Waals surface area contributed by atoms with Gasteiger partial charge < -0.3 is 20.1 Å². The standard InChI is InChI=1S/C27H34N4O5/c1-27(21-6-10-23(36-3)11-7-21)25(33)31(26(34)29-27)18-24(32)28-16-19-12-14-30(15-13-19)17-20-4-8-22(35-2)9-5-20/h4-11,19H,12-18H2,1-3H3,(H,28,32)(H,29,34). The van der Waals surface area contributed by atoms with Crippen LogP contribution in [0.4, 0.5) is 4.79 Å². The molecule has 0 aromatic heterocycles. The Balaban J connectivity index is 1.23. The molecule has 0 bridgehead atoms. The number of piperidine rings is 1. The van der Waals surface area contributed by atoms with Gasteiger partial charge in [-0.2, -0.15) is 0 Å². The predicted octanol–water partition coefficient (Wildman–Crippen LogP) is 2.50. The molecule has 2 aromatic rings. The lowest BCUT2D eigenvalue weighted by Gasteiger charge is -2.32. The van der Waals surface area contributed by atoms with Crippen LogP contribution in [0, 0.1) is 5.92 Å². The molecule has 9 nitrogen and oxygen atoms in total. The number of amides is 4. The second-order valence-corrected chi connectivity index (χ2v) is 9.55. The van der Waals surface area contributed by atoms with Crippen molar-refractivity contribution in [2.45, 2.75) is 31.8 Å². The van der Waals surface area contributed by atoms with E-state index >= 15 is 0 Å². The molecule has 2 N–H and O–H groups in total. The van der Waals surface area contributed by atoms with Gasteiger partial charge in [-0.3, -0.25) is 19.4 Å². The average molecular weight is 495 g/mol. The molecule has 2 aliphatic rings. The quantitative estimate of drug-likeness (QED) is 0.520. The van der Waals surface area contributed by atoms with Crippen LogP contribution in [0.15, 0.2) is 48.5 Å². The summed E-state index contributed by atoms with van der Waals surface area (Å²) in [6, 6.07) is 14.5. The Bertz CT molecular complexity index is 1080. The van der Waals surface area contributed by atoms with Crippen LogP contribution in [0.3, 0.4) is 0 Å². The van der Waals surface area contributed by atoms with E-state index in [0.29, 0.717) is 23.8 Å². The number of likely N-dealkylation sites (tertiary alicyclic amines) is 1. The van der Waals surface area contributed by atoms with Crippen molar-refractivity contribution >= 4 is 17.8 Å². The molecule has 2 fully saturated rings. The molecule has 2 saturated heterocycles. The lowest BCUT2D eigenvalue weighted by atomic mass is 9.92. The molecule has 2 aliphatic heterocycles. The lowest BCUT2D eigenvalue weighted by molar-refractivity contribution is -0.134. The summed E-state index contributed by atoms with van der Waals surface area (Å²) in [5.41, 5.74) is 0.657. The molecule has 0 aliphatic carbocycles. The Morgan fingerprint density at radius 2 is 1.58 bits per heavy atom. The smallest absolute Gasteiger partial charge is 0.325 e. The maximum Gasteiger partial charge on any atom is 0.325 e. The summed E-state index contributed by atoms with van der Waals surface area (Å²) in [5.74, 6) is 1.10. The first-order valence-corrected chi connectivity index (χ1v) is 12.2. The summed E-state index contributed by atoms with van der Waals surface area (Å²) in [7, 11) is 3.22. The number of hydrogen-bond donors (Lipinski definition) is 2. The third kappa shape index (κ3) is 5.62. The molecule has 36 heavy (non-hydrogen) atoms. The van der Waals surface area contributed by atoms with E-state index in [1.54, 1.807) is 45.4 Å². The van der Waals surface area contributed by atoms with Crippen molar-refractivity contribution in [2.24, 2.45) is 5.92 Å². The Hall–Kier alpha value is -3.59. The third-order valence-electron chi connectivity index (χ3n) is 7.10. The fourth-order valence-corrected chi connectivity index (χ4v) is 4.76. The van der Waals surface area contributed by atoms with Gasteiger partial charge in [-0.05, 0) is 74.2 Å². The number of carbonyl (C=O) groups is 3. The van der Waals surface area contributed by atoms with Crippen LogP contribution in [0.5, 0.6) is 11.5 Å². The Labute approximate surface area is 211 Å². The van der Waals surface area contributed by atoms with Crippen molar-refractivity contribution < 1.29 is 23.9 Å². The number of ether oxygens (including phenoxy) is 2. The number of carbonyl (C=O) groups excluding carboxylic acids is 3. The minimum atomic E-state index is -1.22. The normalized spacial score (nSPS) is 20.8. The van der Waals surface area contributed by atoms with Crippen LogP contribution >= 0.6 is 0 Å². The van der Waals surface area contributed by atoms with E-state index in [-0.39, 0.29) is 12.5 Å². The van der Waals surface area contributed by atoms with Gasteiger partial charge in [-0.1, -0.05) is 24.3 Å². The van der Waals surface area contributed by atoms with Crippen LogP contribution in [0.2, 0.25) is 0 Å². The summed E-state index contributed by atoms with van der Waals surface area (Å²) in [5, 5.41) is 5.65. The molecule has 9 heteroatoms. The highest BCUT2D eigenvalue weighted by atomic mass is 16.5. The number of rotatable bonds is 9. The minimum absolute atomic E-state index is 0.299. The van der Waals surface area contributed by atoms with Crippen LogP contribution in [0.25, 0.3) is 0 Å². The van der Waals surface area contributed by atoms with Crippen LogP contribution in [-0.4, -0.2) is 68.0 Å². The summed E-state index contributed by atoms with van der Waals surface area (Å²) in [6.45, 7) is 4.69. The first kappa shape index (κ1) is 25.5. The van der Waals surface area contributed by atoms with Gasteiger partial charge in [-0.25, -0.2) is 4.79 Å². The zero-order chi connectivity index (χ0) is 25.7. The number of hydrogen-bond acceptors (Lipinski definition) is 6. The zero-order valence-corrected chi connectivity index (χ0v) is 21.1. The molecule has 0 saturated carbocycles. The highest BCUT2D eigenvalue weighted by Gasteiger charge is 2.49. The van der Waals surface area contributed by atoms with Crippen molar-refractivity contribution in [1.29, 1.82) is 0 Å². The molecular formula is C27H34N4O5. The van der Waals surface area contributed by atoms with Gasteiger partial charge in [0.2, 0.25) is 5.91 Å². The van der Waals surface area contributed by atoms with Crippen molar-refractivity contribution in [2.75, 3.05) is 40.4 Å². The van der Waals surface area contributed by atoms with Crippen LogP contribution in [-0.2, 0) is 21.7 Å². The van der Waals surface area contributed by atoms with Gasteiger partial charge in [0.25, 0.3) is 5.91 Å². The Morgan fingerprint density at radius 1 is 1.00 bits per heavy atom. The molecule has 1 atom stereocenters. The van der Waals surface area contributed by atoms with Crippen LogP contribution < -0.4 is 20.1 Å². The second-order valence-electron chi connectivity index (χ2n) is 9.55. The Kier molecular flexibility index (Phi) is 7.79. The van der Waals surface area contributed by atoms with Crippen molar-refractivity contribution in [3.05, 3.63) is 59.7 Å². The van der Waals surface area contributed by atoms with Gasteiger partial charge in [0.1, 0.15) is 23.6 Å². The molecule has 1 unspecified atom stereocenters. The number of urea groups is 1. The minimum Gasteiger partial charge on any atom is -0.497 e. The van der Waals surface area contributed by atoms with E-state index in [4.69, 9.17) is 9.47 Å². The average Bonchev–Trinajstić information content (AvgIpc) is 3.12. The van der Waals surface area contributed by atoms with Crippen molar-refractivity contribution in [1.82, 2.24) is 20.4 Å². The second kappa shape index (κ2) is 11.0. The fraction of sp³-hybridized carbons (Fsp3) is 0.444. The van der Waals surface area contributed by atoms with E-state index in [9.17, 15) is 14.4 Å². The van der Waals surface area contributed by atoms with Gasteiger partial charge in [-0.15, -0.1) is 0 Å². The number of benzene rings is 2. The highest BCUT2D eigenvalue weighted by molar-refractivity contribution is 6.09.